The molecule has 4 aromatic rings. The summed E-state index contributed by atoms with van der Waals surface area (Å²) in [5.74, 6) is 0.944. The third kappa shape index (κ3) is 3.65. The summed E-state index contributed by atoms with van der Waals surface area (Å²) >= 11 is 0. The lowest BCUT2D eigenvalue weighted by atomic mass is 10.1. The zero-order valence-electron chi connectivity index (χ0n) is 15.7. The number of aromatic amines is 1. The van der Waals surface area contributed by atoms with Gasteiger partial charge in [0.05, 0.1) is 17.7 Å². The van der Waals surface area contributed by atoms with Crippen LogP contribution in [0.15, 0.2) is 47.8 Å². The largest absolute Gasteiger partial charge is 0.489 e. The van der Waals surface area contributed by atoms with Crippen molar-refractivity contribution >= 4 is 27.3 Å². The lowest BCUT2D eigenvalue weighted by molar-refractivity contribution is 0.343. The fourth-order valence-corrected chi connectivity index (χ4v) is 3.56. The maximum absolute atomic E-state index is 11.5. The summed E-state index contributed by atoms with van der Waals surface area (Å²) in [6.45, 7) is 4.14. The molecule has 10 nitrogen and oxygen atoms in total. The monoisotopic (exact) mass is 413 g/mol. The predicted octanol–water partition coefficient (Wildman–Crippen LogP) is 2.22. The Kier molecular flexibility index (Phi) is 4.68. The van der Waals surface area contributed by atoms with E-state index in [1.165, 1.54) is 12.1 Å². The van der Waals surface area contributed by atoms with Gasteiger partial charge in [-0.1, -0.05) is 0 Å². The van der Waals surface area contributed by atoms with Crippen LogP contribution in [0.2, 0.25) is 0 Å². The summed E-state index contributed by atoms with van der Waals surface area (Å²) in [5.41, 5.74) is 3.64. The molecule has 4 rings (SSSR count). The van der Waals surface area contributed by atoms with Crippen LogP contribution in [0.3, 0.4) is 0 Å². The fraction of sp³-hybridized carbons (Fsp3) is 0.167. The first-order valence-corrected chi connectivity index (χ1v) is 10.3. The fourth-order valence-electron chi connectivity index (χ4n) is 2.96. The highest BCUT2D eigenvalue weighted by molar-refractivity contribution is 7.89. The molecule has 0 amide bonds. The van der Waals surface area contributed by atoms with Gasteiger partial charge in [0.25, 0.3) is 0 Å². The minimum absolute atomic E-state index is 0.0481. The van der Waals surface area contributed by atoms with Gasteiger partial charge >= 0.3 is 0 Å². The van der Waals surface area contributed by atoms with Gasteiger partial charge in [0.1, 0.15) is 0 Å². The van der Waals surface area contributed by atoms with E-state index in [-0.39, 0.29) is 4.90 Å². The van der Waals surface area contributed by atoms with Gasteiger partial charge in [0, 0.05) is 29.2 Å². The zero-order valence-corrected chi connectivity index (χ0v) is 16.6. The highest BCUT2D eigenvalue weighted by Gasteiger charge is 2.17. The normalized spacial score (nSPS) is 11.7. The molecule has 0 fully saturated rings. The molecule has 0 atom stereocenters. The lowest BCUT2D eigenvalue weighted by Gasteiger charge is -2.09. The molecule has 0 radical (unpaired) electrons. The highest BCUT2D eigenvalue weighted by atomic mass is 32.2. The van der Waals surface area contributed by atoms with Crippen LogP contribution in [-0.4, -0.2) is 39.8 Å². The molecule has 1 aromatic carbocycles. The number of aromatic nitrogens is 5. The Labute approximate surface area is 166 Å². The first-order chi connectivity index (χ1) is 13.9. The molecule has 3 aromatic heterocycles. The molecule has 3 heterocycles. The first kappa shape index (κ1) is 18.9. The molecule has 11 heteroatoms. The van der Waals surface area contributed by atoms with E-state index in [1.54, 1.807) is 36.1 Å². The van der Waals surface area contributed by atoms with Crippen LogP contribution in [0.5, 0.6) is 5.75 Å². The van der Waals surface area contributed by atoms with E-state index >= 15 is 0 Å². The number of ether oxygens (including phenoxy) is 1. The van der Waals surface area contributed by atoms with Gasteiger partial charge in [-0.2, -0.15) is 10.1 Å². The quantitative estimate of drug-likeness (QED) is 0.440. The number of fused-ring (bicyclic) bond motifs is 1. The topological polar surface area (TPSA) is 140 Å². The molecule has 0 aliphatic heterocycles. The number of anilines is 2. The van der Waals surface area contributed by atoms with Crippen molar-refractivity contribution in [2.45, 2.75) is 18.7 Å². The molecule has 4 N–H and O–H groups in total. The van der Waals surface area contributed by atoms with Gasteiger partial charge in [-0.25, -0.2) is 18.1 Å². The van der Waals surface area contributed by atoms with Gasteiger partial charge < -0.3 is 10.1 Å². The Morgan fingerprint density at radius 1 is 1.31 bits per heavy atom. The molecular formula is C18H19N7O3S. The number of aryl methyl sites for hydroxylation is 1. The van der Waals surface area contributed by atoms with Crippen molar-refractivity contribution in [3.8, 4) is 16.9 Å². The van der Waals surface area contributed by atoms with Gasteiger partial charge in [-0.15, -0.1) is 5.10 Å². The standard InChI is InChI=1S/C18H19N7O3S/c1-3-28-16-14(12-9-20-21-10-12)6-7-25-17(16)23-18(24-25)22-15-5-4-13(8-11(15)2)29(19,26)27/h4-10H,3H2,1-2H3,(H,20,21)(H,22,24)(H2,19,26,27). The number of nitrogens with two attached hydrogens (primary N) is 1. The van der Waals surface area contributed by atoms with E-state index in [0.717, 1.165) is 11.1 Å². The van der Waals surface area contributed by atoms with Crippen molar-refractivity contribution in [3.63, 3.8) is 0 Å². The molecule has 0 aliphatic carbocycles. The second-order valence-electron chi connectivity index (χ2n) is 6.33. The SMILES string of the molecule is CCOc1c(-c2cn[nH]c2)ccn2nc(Nc3ccc(S(N)(=O)=O)cc3C)nc12. The number of hydrogen-bond acceptors (Lipinski definition) is 7. The lowest BCUT2D eigenvalue weighted by Crippen LogP contribution is -2.12. The second-order valence-corrected chi connectivity index (χ2v) is 7.89. The smallest absolute Gasteiger partial charge is 0.247 e. The predicted molar refractivity (Wildman–Crippen MR) is 108 cm³/mol. The molecule has 0 aliphatic rings. The number of primary sulfonamides is 1. The zero-order chi connectivity index (χ0) is 20.6. The molecule has 0 spiro atoms. The minimum Gasteiger partial charge on any atom is -0.489 e. The van der Waals surface area contributed by atoms with E-state index in [1.807, 2.05) is 13.0 Å². The number of pyridine rings is 1. The molecule has 0 saturated carbocycles. The van der Waals surface area contributed by atoms with Crippen LogP contribution in [-0.2, 0) is 10.0 Å². The number of benzene rings is 1. The van der Waals surface area contributed by atoms with E-state index in [2.05, 4.69) is 25.6 Å². The Morgan fingerprint density at radius 3 is 2.79 bits per heavy atom. The molecule has 29 heavy (non-hydrogen) atoms. The van der Waals surface area contributed by atoms with Gasteiger partial charge in [-0.3, -0.25) is 5.10 Å². The van der Waals surface area contributed by atoms with Gasteiger partial charge in [0.15, 0.2) is 11.4 Å². The third-order valence-electron chi connectivity index (χ3n) is 4.33. The van der Waals surface area contributed by atoms with Crippen LogP contribution in [0.25, 0.3) is 16.8 Å². The summed E-state index contributed by atoms with van der Waals surface area (Å²) in [6, 6.07) is 6.44. The Balaban J connectivity index is 1.74. The number of rotatable bonds is 6. The number of nitrogens with zero attached hydrogens (tertiary/aromatic N) is 4. The summed E-state index contributed by atoms with van der Waals surface area (Å²) in [7, 11) is -3.76. The van der Waals surface area contributed by atoms with Crippen LogP contribution in [0.1, 0.15) is 12.5 Å². The van der Waals surface area contributed by atoms with E-state index in [0.29, 0.717) is 35.2 Å². The summed E-state index contributed by atoms with van der Waals surface area (Å²) < 4.78 is 30.5. The number of nitrogens with one attached hydrogen (secondary N) is 2. The van der Waals surface area contributed by atoms with Crippen LogP contribution < -0.4 is 15.2 Å². The molecule has 150 valence electrons. The van der Waals surface area contributed by atoms with Crippen molar-refractivity contribution < 1.29 is 13.2 Å². The Morgan fingerprint density at radius 2 is 2.14 bits per heavy atom. The van der Waals surface area contributed by atoms with Crippen LogP contribution in [0, 0.1) is 6.92 Å². The van der Waals surface area contributed by atoms with Crippen molar-refractivity contribution in [1.29, 1.82) is 0 Å². The number of sulfonamides is 1. The first-order valence-electron chi connectivity index (χ1n) is 8.78. The van der Waals surface area contributed by atoms with E-state index < -0.39 is 10.0 Å². The summed E-state index contributed by atoms with van der Waals surface area (Å²) in [6.07, 6.45) is 5.27. The number of H-pyrrole nitrogens is 1. The summed E-state index contributed by atoms with van der Waals surface area (Å²) in [4.78, 5) is 4.60. The van der Waals surface area contributed by atoms with E-state index in [9.17, 15) is 8.42 Å². The Bertz CT molecular complexity index is 1280. The van der Waals surface area contributed by atoms with E-state index in [4.69, 9.17) is 9.88 Å². The van der Waals surface area contributed by atoms with Crippen molar-refractivity contribution in [1.82, 2.24) is 24.8 Å². The van der Waals surface area contributed by atoms with Crippen LogP contribution in [0.4, 0.5) is 11.6 Å². The van der Waals surface area contributed by atoms with Crippen molar-refractivity contribution in [2.75, 3.05) is 11.9 Å². The van der Waals surface area contributed by atoms with Crippen molar-refractivity contribution in [3.05, 3.63) is 48.4 Å². The maximum atomic E-state index is 11.5. The average Bonchev–Trinajstić information content (AvgIpc) is 3.32. The molecular weight excluding hydrogens is 394 g/mol. The highest BCUT2D eigenvalue weighted by Crippen LogP contribution is 2.33. The summed E-state index contributed by atoms with van der Waals surface area (Å²) in [5, 5.41) is 19.5. The second kappa shape index (κ2) is 7.18. The molecule has 0 saturated heterocycles. The third-order valence-corrected chi connectivity index (χ3v) is 5.24. The molecule has 0 bridgehead atoms. The van der Waals surface area contributed by atoms with Gasteiger partial charge in [0.2, 0.25) is 16.0 Å². The van der Waals surface area contributed by atoms with Gasteiger partial charge in [-0.05, 0) is 43.7 Å². The molecule has 0 unspecified atom stereocenters. The average molecular weight is 413 g/mol. The Hall–Kier alpha value is -3.44. The minimum atomic E-state index is -3.76. The van der Waals surface area contributed by atoms with Crippen molar-refractivity contribution in [2.24, 2.45) is 5.14 Å². The maximum Gasteiger partial charge on any atom is 0.247 e. The van der Waals surface area contributed by atoms with Crippen LogP contribution >= 0.6 is 0 Å². The number of hydrogen-bond donors (Lipinski definition) is 3.